The highest BCUT2D eigenvalue weighted by Gasteiger charge is 2.21. The molecule has 0 aliphatic carbocycles. The summed E-state index contributed by atoms with van der Waals surface area (Å²) in [5, 5.41) is 4.53. The fourth-order valence-corrected chi connectivity index (χ4v) is 4.51. The van der Waals surface area contributed by atoms with Gasteiger partial charge in [-0.2, -0.15) is 5.10 Å². The third-order valence-corrected chi connectivity index (χ3v) is 6.39. The summed E-state index contributed by atoms with van der Waals surface area (Å²) in [4.78, 5) is 25.5. The van der Waals surface area contributed by atoms with Crippen LogP contribution in [0, 0.1) is 12.7 Å². The minimum atomic E-state index is -0.816. The number of benzene rings is 2. The van der Waals surface area contributed by atoms with E-state index >= 15 is 0 Å². The Morgan fingerprint density at radius 3 is 2.66 bits per heavy atom. The fraction of sp³-hybridized carbons (Fsp3) is 0.160. The van der Waals surface area contributed by atoms with Crippen LogP contribution in [-0.2, 0) is 6.54 Å². The van der Waals surface area contributed by atoms with Crippen LogP contribution >= 0.6 is 23.2 Å². The SMILES string of the molecule is Cc1ccc(Cn2cc(-c3cnc4[nH]c(=O)n(OC(C)c5c(Cl)ccc(F)c5Cl)c4c3)cn2)cc1. The molecule has 5 rings (SSSR count). The number of imidazole rings is 1. The quantitative estimate of drug-likeness (QED) is 0.302. The normalized spacial score (nSPS) is 12.3. The highest BCUT2D eigenvalue weighted by Crippen LogP contribution is 2.33. The number of halogens is 3. The molecule has 0 aliphatic heterocycles. The minimum absolute atomic E-state index is 0.155. The molecule has 10 heteroatoms. The Morgan fingerprint density at radius 2 is 1.89 bits per heavy atom. The van der Waals surface area contributed by atoms with Crippen molar-refractivity contribution in [2.24, 2.45) is 0 Å². The minimum Gasteiger partial charge on any atom is -0.401 e. The van der Waals surface area contributed by atoms with Crippen LogP contribution in [0.2, 0.25) is 10.0 Å². The molecule has 0 spiro atoms. The zero-order valence-electron chi connectivity index (χ0n) is 18.8. The number of aromatic nitrogens is 5. The Morgan fingerprint density at radius 1 is 1.11 bits per heavy atom. The van der Waals surface area contributed by atoms with E-state index in [1.165, 1.54) is 17.7 Å². The summed E-state index contributed by atoms with van der Waals surface area (Å²) in [7, 11) is 0. The number of pyridine rings is 1. The average Bonchev–Trinajstić information content (AvgIpc) is 3.42. The first-order valence-electron chi connectivity index (χ1n) is 10.8. The molecule has 0 fully saturated rings. The third-order valence-electron chi connectivity index (χ3n) is 5.68. The van der Waals surface area contributed by atoms with E-state index in [4.69, 9.17) is 28.0 Å². The van der Waals surface area contributed by atoms with Crippen molar-refractivity contribution in [1.82, 2.24) is 24.5 Å². The van der Waals surface area contributed by atoms with Gasteiger partial charge in [0.25, 0.3) is 0 Å². The van der Waals surface area contributed by atoms with Gasteiger partial charge < -0.3 is 4.84 Å². The van der Waals surface area contributed by atoms with Crippen molar-refractivity contribution in [3.63, 3.8) is 0 Å². The lowest BCUT2D eigenvalue weighted by molar-refractivity contribution is 0.0492. The second-order valence-electron chi connectivity index (χ2n) is 8.23. The summed E-state index contributed by atoms with van der Waals surface area (Å²) in [5.74, 6) is -0.626. The van der Waals surface area contributed by atoms with Gasteiger partial charge in [-0.15, -0.1) is 4.73 Å². The van der Waals surface area contributed by atoms with Gasteiger partial charge in [0.05, 0.1) is 17.8 Å². The summed E-state index contributed by atoms with van der Waals surface area (Å²) >= 11 is 12.3. The predicted molar refractivity (Wildman–Crippen MR) is 133 cm³/mol. The molecule has 1 atom stereocenters. The molecule has 0 saturated carbocycles. The van der Waals surface area contributed by atoms with Crippen LogP contribution in [0.15, 0.2) is 65.8 Å². The fourth-order valence-electron chi connectivity index (χ4n) is 3.83. The number of H-pyrrole nitrogens is 1. The Hall–Kier alpha value is -3.62. The molecule has 178 valence electrons. The van der Waals surface area contributed by atoms with E-state index in [1.807, 2.05) is 17.8 Å². The first-order chi connectivity index (χ1) is 16.8. The maximum absolute atomic E-state index is 14.0. The van der Waals surface area contributed by atoms with Gasteiger partial charge >= 0.3 is 5.69 Å². The number of aromatic amines is 1. The highest BCUT2D eigenvalue weighted by atomic mass is 35.5. The smallest absolute Gasteiger partial charge is 0.360 e. The van der Waals surface area contributed by atoms with Crippen LogP contribution in [-0.4, -0.2) is 24.5 Å². The molecule has 1 N–H and O–H groups in total. The number of aryl methyl sites for hydroxylation is 1. The molecule has 0 bridgehead atoms. The second kappa shape index (κ2) is 9.20. The highest BCUT2D eigenvalue weighted by molar-refractivity contribution is 6.36. The van der Waals surface area contributed by atoms with Crippen molar-refractivity contribution in [1.29, 1.82) is 0 Å². The Kier molecular flexibility index (Phi) is 6.08. The lowest BCUT2D eigenvalue weighted by Gasteiger charge is -2.17. The van der Waals surface area contributed by atoms with Crippen LogP contribution in [0.25, 0.3) is 22.3 Å². The molecule has 0 aliphatic rings. The van der Waals surface area contributed by atoms with Crippen LogP contribution in [0.3, 0.4) is 0 Å². The zero-order chi connectivity index (χ0) is 24.7. The number of nitrogens with one attached hydrogen (secondary N) is 1. The van der Waals surface area contributed by atoms with E-state index in [2.05, 4.69) is 39.3 Å². The molecule has 3 aromatic heterocycles. The first kappa shape index (κ1) is 23.1. The monoisotopic (exact) mass is 511 g/mol. The summed E-state index contributed by atoms with van der Waals surface area (Å²) in [6, 6.07) is 12.6. The maximum atomic E-state index is 14.0. The topological polar surface area (TPSA) is 77.7 Å². The van der Waals surface area contributed by atoms with Crippen molar-refractivity contribution in [2.45, 2.75) is 26.5 Å². The van der Waals surface area contributed by atoms with E-state index in [9.17, 15) is 9.18 Å². The first-order valence-corrected chi connectivity index (χ1v) is 11.6. The molecular weight excluding hydrogens is 492 g/mol. The number of fused-ring (bicyclic) bond motifs is 1. The van der Waals surface area contributed by atoms with E-state index in [1.54, 1.807) is 25.4 Å². The molecule has 0 amide bonds. The van der Waals surface area contributed by atoms with Gasteiger partial charge in [-0.3, -0.25) is 9.67 Å². The van der Waals surface area contributed by atoms with Gasteiger partial charge in [-0.25, -0.2) is 14.2 Å². The molecule has 35 heavy (non-hydrogen) atoms. The second-order valence-corrected chi connectivity index (χ2v) is 9.02. The van der Waals surface area contributed by atoms with E-state index in [0.717, 1.165) is 21.4 Å². The molecule has 3 heterocycles. The van der Waals surface area contributed by atoms with E-state index < -0.39 is 17.6 Å². The molecule has 5 aromatic rings. The van der Waals surface area contributed by atoms with Crippen LogP contribution in [0.5, 0.6) is 0 Å². The Bertz CT molecular complexity index is 1590. The lowest BCUT2D eigenvalue weighted by Crippen LogP contribution is -2.26. The molecular formula is C25H20Cl2FN5O2. The standard InChI is InChI=1S/C25H20Cl2FN5O2/c1-14-3-5-16(6-4-14)12-32-13-18(11-30-32)17-9-21-24(29-10-17)31-25(34)33(21)35-15(2)22-19(26)7-8-20(28)23(22)27/h3-11,13,15H,12H2,1-2H3,(H,29,31,34). The molecule has 0 radical (unpaired) electrons. The lowest BCUT2D eigenvalue weighted by atomic mass is 10.1. The van der Waals surface area contributed by atoms with Crippen molar-refractivity contribution in [3.8, 4) is 11.1 Å². The van der Waals surface area contributed by atoms with E-state index in [0.29, 0.717) is 17.7 Å². The molecule has 7 nitrogen and oxygen atoms in total. The largest absolute Gasteiger partial charge is 0.401 e. The van der Waals surface area contributed by atoms with E-state index in [-0.39, 0.29) is 15.6 Å². The van der Waals surface area contributed by atoms with Gasteiger partial charge in [0.1, 0.15) is 11.3 Å². The Labute approximate surface area is 209 Å². The van der Waals surface area contributed by atoms with Gasteiger partial charge in [-0.1, -0.05) is 53.0 Å². The maximum Gasteiger partial charge on any atom is 0.360 e. The van der Waals surface area contributed by atoms with Crippen LogP contribution in [0.1, 0.15) is 29.7 Å². The number of hydrogen-bond donors (Lipinski definition) is 1. The van der Waals surface area contributed by atoms with Crippen LogP contribution < -0.4 is 10.5 Å². The number of rotatable bonds is 6. The Balaban J connectivity index is 1.45. The van der Waals surface area contributed by atoms with Crippen molar-refractivity contribution in [3.05, 3.63) is 104 Å². The van der Waals surface area contributed by atoms with Gasteiger partial charge in [0, 0.05) is 34.1 Å². The number of hydrogen-bond acceptors (Lipinski definition) is 4. The zero-order valence-corrected chi connectivity index (χ0v) is 20.3. The average molecular weight is 512 g/mol. The van der Waals surface area contributed by atoms with Gasteiger partial charge in [0.2, 0.25) is 0 Å². The van der Waals surface area contributed by atoms with Crippen molar-refractivity contribution < 1.29 is 9.23 Å². The van der Waals surface area contributed by atoms with Crippen LogP contribution in [0.4, 0.5) is 4.39 Å². The molecule has 1 unspecified atom stereocenters. The molecule has 2 aromatic carbocycles. The number of nitrogens with zero attached hydrogens (tertiary/aromatic N) is 4. The summed E-state index contributed by atoms with van der Waals surface area (Å²) in [6.07, 6.45) is 4.48. The summed E-state index contributed by atoms with van der Waals surface area (Å²) in [6.45, 7) is 4.30. The third kappa shape index (κ3) is 4.54. The summed E-state index contributed by atoms with van der Waals surface area (Å²) in [5.41, 5.74) is 4.38. The van der Waals surface area contributed by atoms with Crippen molar-refractivity contribution >= 4 is 34.4 Å². The summed E-state index contributed by atoms with van der Waals surface area (Å²) < 4.78 is 16.9. The van der Waals surface area contributed by atoms with Gasteiger partial charge in [0.15, 0.2) is 11.8 Å². The molecule has 0 saturated heterocycles. The van der Waals surface area contributed by atoms with Gasteiger partial charge in [-0.05, 0) is 37.6 Å². The predicted octanol–water partition coefficient (Wildman–Crippen LogP) is 5.58. The van der Waals surface area contributed by atoms with Crippen molar-refractivity contribution in [2.75, 3.05) is 0 Å².